The van der Waals surface area contributed by atoms with Gasteiger partial charge in [-0.05, 0) is 38.0 Å². The number of halogens is 3. The lowest BCUT2D eigenvalue weighted by molar-refractivity contribution is -0.140. The topological polar surface area (TPSA) is 59.1 Å². The number of nitrogens with zero attached hydrogens (tertiary/aromatic N) is 5. The molecule has 30 heavy (non-hydrogen) atoms. The number of aromatic nitrogens is 4. The SMILES string of the molecule is C=Cn1cc(CN2CCC(O)(Cn3cccc4cc(C(F)(F)F)nc3-4)CC2)c(C)n1. The minimum Gasteiger partial charge on any atom is -0.388 e. The highest BCUT2D eigenvalue weighted by Crippen LogP contribution is 2.35. The summed E-state index contributed by atoms with van der Waals surface area (Å²) in [5.41, 5.74) is 0.573. The van der Waals surface area contributed by atoms with E-state index in [9.17, 15) is 18.3 Å². The number of pyridine rings is 1. The highest BCUT2D eigenvalue weighted by molar-refractivity contribution is 5.59. The molecule has 0 spiro atoms. The number of likely N-dealkylation sites (tertiary alicyclic amines) is 1. The second kappa shape index (κ2) is 7.55. The first-order valence-corrected chi connectivity index (χ1v) is 9.82. The van der Waals surface area contributed by atoms with Gasteiger partial charge in [0.05, 0.1) is 17.8 Å². The number of piperidine rings is 1. The van der Waals surface area contributed by atoms with Crippen LogP contribution in [0, 0.1) is 6.92 Å². The smallest absolute Gasteiger partial charge is 0.388 e. The lowest BCUT2D eigenvalue weighted by Gasteiger charge is -2.38. The van der Waals surface area contributed by atoms with Gasteiger partial charge in [-0.25, -0.2) is 9.67 Å². The van der Waals surface area contributed by atoms with E-state index in [4.69, 9.17) is 0 Å². The summed E-state index contributed by atoms with van der Waals surface area (Å²) < 4.78 is 42.4. The Bertz CT molecular complexity index is 1010. The largest absolute Gasteiger partial charge is 0.433 e. The van der Waals surface area contributed by atoms with Gasteiger partial charge in [0.25, 0.3) is 0 Å². The van der Waals surface area contributed by atoms with E-state index in [0.29, 0.717) is 31.5 Å². The van der Waals surface area contributed by atoms with Crippen molar-refractivity contribution < 1.29 is 18.3 Å². The van der Waals surface area contributed by atoms with Crippen molar-refractivity contribution in [2.75, 3.05) is 13.1 Å². The third kappa shape index (κ3) is 4.13. The van der Waals surface area contributed by atoms with Crippen LogP contribution in [0.25, 0.3) is 17.6 Å². The van der Waals surface area contributed by atoms with E-state index in [1.54, 1.807) is 33.8 Å². The van der Waals surface area contributed by atoms with Crippen molar-refractivity contribution in [3.8, 4) is 11.4 Å². The fourth-order valence-electron chi connectivity index (χ4n) is 3.98. The van der Waals surface area contributed by atoms with E-state index in [1.165, 1.54) is 0 Å². The van der Waals surface area contributed by atoms with Crippen LogP contribution in [0.15, 0.2) is 37.2 Å². The summed E-state index contributed by atoms with van der Waals surface area (Å²) in [5.74, 6) is 0.244. The number of hydrogen-bond donors (Lipinski definition) is 1. The van der Waals surface area contributed by atoms with E-state index in [2.05, 4.69) is 21.6 Å². The van der Waals surface area contributed by atoms with Crippen LogP contribution in [-0.2, 0) is 19.3 Å². The number of aryl methyl sites for hydroxylation is 1. The predicted molar refractivity (Wildman–Crippen MR) is 107 cm³/mol. The Morgan fingerprint density at radius 3 is 2.67 bits per heavy atom. The van der Waals surface area contributed by atoms with Gasteiger partial charge in [0.2, 0.25) is 0 Å². The van der Waals surface area contributed by atoms with Gasteiger partial charge < -0.3 is 9.67 Å². The monoisotopic (exact) mass is 419 g/mol. The summed E-state index contributed by atoms with van der Waals surface area (Å²) in [7, 11) is 0. The van der Waals surface area contributed by atoms with Crippen LogP contribution in [0.4, 0.5) is 13.2 Å². The zero-order valence-corrected chi connectivity index (χ0v) is 16.7. The maximum Gasteiger partial charge on any atom is 0.433 e. The van der Waals surface area contributed by atoms with Crippen LogP contribution in [-0.4, -0.2) is 48.0 Å². The van der Waals surface area contributed by atoms with Crippen molar-refractivity contribution in [3.63, 3.8) is 0 Å². The zero-order valence-electron chi connectivity index (χ0n) is 16.7. The summed E-state index contributed by atoms with van der Waals surface area (Å²) in [6.07, 6.45) is 1.82. The molecule has 3 aliphatic rings. The Labute approximate surface area is 172 Å². The first-order chi connectivity index (χ1) is 14.2. The van der Waals surface area contributed by atoms with Crippen molar-refractivity contribution in [2.45, 2.75) is 44.6 Å². The van der Waals surface area contributed by atoms with Gasteiger partial charge in [0.1, 0.15) is 11.5 Å². The molecule has 1 N–H and O–H groups in total. The number of rotatable bonds is 5. The van der Waals surface area contributed by atoms with E-state index >= 15 is 0 Å². The van der Waals surface area contributed by atoms with Crippen LogP contribution >= 0.6 is 0 Å². The van der Waals surface area contributed by atoms with Crippen molar-refractivity contribution in [3.05, 3.63) is 54.1 Å². The first kappa shape index (κ1) is 20.6. The first-order valence-electron chi connectivity index (χ1n) is 9.82. The minimum absolute atomic E-state index is 0.208. The normalized spacial score (nSPS) is 17.5. The van der Waals surface area contributed by atoms with E-state index in [-0.39, 0.29) is 12.4 Å². The highest BCUT2D eigenvalue weighted by atomic mass is 19.4. The van der Waals surface area contributed by atoms with Crippen LogP contribution in [0.1, 0.15) is 29.8 Å². The van der Waals surface area contributed by atoms with Gasteiger partial charge >= 0.3 is 6.18 Å². The molecule has 1 saturated heterocycles. The number of alkyl halides is 3. The number of aliphatic hydroxyl groups is 1. The molecule has 1 aromatic heterocycles. The molecule has 0 bridgehead atoms. The molecular formula is C21H24F3N5O. The Balaban J connectivity index is 1.44. The molecule has 0 aromatic carbocycles. The van der Waals surface area contributed by atoms with Crippen LogP contribution in [0.5, 0.6) is 0 Å². The lowest BCUT2D eigenvalue weighted by Crippen LogP contribution is -2.46. The Hall–Kier alpha value is -2.65. The van der Waals surface area contributed by atoms with Crippen molar-refractivity contribution in [1.82, 2.24) is 24.2 Å². The maximum absolute atomic E-state index is 13.0. The standard InChI is InChI=1S/C21H24F3N5O/c1-3-29-13-17(15(2)26-29)12-27-9-6-20(30,7-10-27)14-28-8-4-5-16-11-18(21(22,23)24)25-19(16)28/h3-5,8,11,13,30H,1,6-7,9-10,12,14H2,2H3. The maximum atomic E-state index is 13.0. The predicted octanol–water partition coefficient (Wildman–Crippen LogP) is 3.64. The molecule has 1 aromatic rings. The molecule has 0 aliphatic carbocycles. The number of hydrogen-bond acceptors (Lipinski definition) is 4. The summed E-state index contributed by atoms with van der Waals surface area (Å²) in [6.45, 7) is 7.98. The van der Waals surface area contributed by atoms with E-state index < -0.39 is 17.5 Å². The van der Waals surface area contributed by atoms with Crippen LogP contribution in [0.3, 0.4) is 0 Å². The fraction of sp³-hybridized carbons (Fsp3) is 0.429. The van der Waals surface area contributed by atoms with Crippen molar-refractivity contribution in [2.24, 2.45) is 0 Å². The molecule has 4 rings (SSSR count). The Morgan fingerprint density at radius 2 is 2.03 bits per heavy atom. The molecule has 9 heteroatoms. The Morgan fingerprint density at radius 1 is 1.30 bits per heavy atom. The second-order valence-electron chi connectivity index (χ2n) is 7.96. The van der Waals surface area contributed by atoms with Gasteiger partial charge in [0.15, 0.2) is 0 Å². The molecule has 6 nitrogen and oxygen atoms in total. The molecule has 0 saturated carbocycles. The average molecular weight is 419 g/mol. The quantitative estimate of drug-likeness (QED) is 0.686. The average Bonchev–Trinajstić information content (AvgIpc) is 3.28. The van der Waals surface area contributed by atoms with Crippen molar-refractivity contribution in [1.29, 1.82) is 0 Å². The minimum atomic E-state index is -4.49. The van der Waals surface area contributed by atoms with Gasteiger partial charge in [-0.3, -0.25) is 4.90 Å². The van der Waals surface area contributed by atoms with Gasteiger partial charge in [0, 0.05) is 49.4 Å². The summed E-state index contributed by atoms with van der Waals surface area (Å²) in [4.78, 5) is 6.02. The summed E-state index contributed by atoms with van der Waals surface area (Å²) in [5, 5.41) is 15.5. The molecule has 1 fully saturated rings. The summed E-state index contributed by atoms with van der Waals surface area (Å²) in [6, 6.07) is 4.33. The number of fused-ring (bicyclic) bond motifs is 1. The molecule has 0 radical (unpaired) electrons. The summed E-state index contributed by atoms with van der Waals surface area (Å²) >= 11 is 0. The molecule has 4 heterocycles. The third-order valence-electron chi connectivity index (χ3n) is 5.73. The van der Waals surface area contributed by atoms with Crippen LogP contribution < -0.4 is 0 Å². The third-order valence-corrected chi connectivity index (χ3v) is 5.73. The van der Waals surface area contributed by atoms with Gasteiger partial charge in [-0.2, -0.15) is 18.3 Å². The molecular weight excluding hydrogens is 395 g/mol. The van der Waals surface area contributed by atoms with Gasteiger partial charge in [-0.15, -0.1) is 0 Å². The van der Waals surface area contributed by atoms with E-state index in [1.807, 2.05) is 13.1 Å². The van der Waals surface area contributed by atoms with Crippen LogP contribution in [0.2, 0.25) is 0 Å². The molecule has 3 aliphatic heterocycles. The second-order valence-corrected chi connectivity index (χ2v) is 7.96. The lowest BCUT2D eigenvalue weighted by atomic mass is 9.91. The zero-order chi connectivity index (χ0) is 21.5. The van der Waals surface area contributed by atoms with E-state index in [0.717, 1.165) is 23.9 Å². The fourth-order valence-corrected chi connectivity index (χ4v) is 3.98. The van der Waals surface area contributed by atoms with Crippen molar-refractivity contribution >= 4 is 6.20 Å². The highest BCUT2D eigenvalue weighted by Gasteiger charge is 2.37. The Kier molecular flexibility index (Phi) is 5.19. The molecule has 0 atom stereocenters. The molecule has 0 amide bonds. The molecule has 160 valence electrons. The molecule has 0 unspecified atom stereocenters. The van der Waals surface area contributed by atoms with Gasteiger partial charge in [-0.1, -0.05) is 6.58 Å².